The number of aromatic nitrogens is 2. The Balaban J connectivity index is 0.000000188. The molecule has 4 heteroatoms. The molecular weight excluding hydrogens is 269 g/mol. The van der Waals surface area contributed by atoms with E-state index in [1.54, 1.807) is 23.3 Å². The molecule has 106 valence electrons. The molecule has 0 fully saturated rings. The summed E-state index contributed by atoms with van der Waals surface area (Å²) in [5, 5.41) is 8.14. The van der Waals surface area contributed by atoms with Gasteiger partial charge in [-0.05, 0) is 16.9 Å². The van der Waals surface area contributed by atoms with Crippen LogP contribution in [0.2, 0.25) is 0 Å². The van der Waals surface area contributed by atoms with Crippen LogP contribution in [0.3, 0.4) is 0 Å². The maximum atomic E-state index is 8.14. The highest BCUT2D eigenvalue weighted by molar-refractivity contribution is 6.14. The van der Waals surface area contributed by atoms with Crippen LogP contribution in [0, 0.1) is 11.3 Å². The van der Waals surface area contributed by atoms with E-state index in [0.29, 0.717) is 6.54 Å². The van der Waals surface area contributed by atoms with E-state index < -0.39 is 0 Å². The molecular formula is C18H16BN3. The Bertz CT molecular complexity index is 649. The summed E-state index contributed by atoms with van der Waals surface area (Å²) in [6.45, 7) is 0.389. The highest BCUT2D eigenvalue weighted by Gasteiger charge is 2.05. The first kappa shape index (κ1) is 15.6. The molecule has 0 bridgehead atoms. The van der Waals surface area contributed by atoms with Crippen LogP contribution in [0.5, 0.6) is 0 Å². The number of benzene rings is 2. The van der Waals surface area contributed by atoms with Gasteiger partial charge in [0.1, 0.15) is 6.54 Å². The first-order valence-electron chi connectivity index (χ1n) is 6.99. The Morgan fingerprint density at radius 2 is 1.55 bits per heavy atom. The summed E-state index contributed by atoms with van der Waals surface area (Å²) in [6, 6.07) is 22.3. The number of imidazole rings is 1. The molecule has 0 amide bonds. The van der Waals surface area contributed by atoms with Crippen molar-refractivity contribution in [3.63, 3.8) is 0 Å². The Hall–Kier alpha value is -2.80. The van der Waals surface area contributed by atoms with E-state index in [1.165, 1.54) is 0 Å². The highest BCUT2D eigenvalue weighted by atomic mass is 15.0. The van der Waals surface area contributed by atoms with E-state index in [9.17, 15) is 0 Å². The summed E-state index contributed by atoms with van der Waals surface area (Å²) < 4.78 is 1.71. The van der Waals surface area contributed by atoms with Crippen molar-refractivity contribution in [2.45, 2.75) is 12.4 Å². The lowest BCUT2D eigenvalue weighted by Gasteiger charge is -2.12. The number of rotatable bonds is 3. The van der Waals surface area contributed by atoms with E-state index in [1.807, 2.05) is 42.5 Å². The molecule has 1 aromatic heterocycles. The fourth-order valence-corrected chi connectivity index (χ4v) is 1.98. The van der Waals surface area contributed by atoms with Crippen LogP contribution in [0.4, 0.5) is 0 Å². The first-order valence-corrected chi connectivity index (χ1v) is 6.99. The summed E-state index contributed by atoms with van der Waals surface area (Å²) in [6.07, 6.45) is 5.02. The quantitative estimate of drug-likeness (QED) is 0.692. The van der Waals surface area contributed by atoms with Gasteiger partial charge in [-0.2, -0.15) is 5.26 Å². The predicted molar refractivity (Wildman–Crippen MR) is 88.3 cm³/mol. The highest BCUT2D eigenvalue weighted by Crippen LogP contribution is 2.20. The van der Waals surface area contributed by atoms with E-state index in [4.69, 9.17) is 13.1 Å². The average molecular weight is 285 g/mol. The molecule has 1 heterocycles. The summed E-state index contributed by atoms with van der Waals surface area (Å²) >= 11 is 0. The molecule has 0 aliphatic carbocycles. The fourth-order valence-electron chi connectivity index (χ4n) is 1.98. The standard InChI is InChI=1S/C13H11B.C5H5N3/c14-13(11-7-3-1-4-8-11)12-9-5-2-6-10-12;6-1-3-8-4-2-7-5-8/h1-10,13H;2,4-5H,3H2. The Morgan fingerprint density at radius 3 is 1.95 bits per heavy atom. The Kier molecular flexibility index (Phi) is 6.01. The summed E-state index contributed by atoms with van der Waals surface area (Å²) in [5.74, 6) is -0.0163. The van der Waals surface area contributed by atoms with E-state index in [-0.39, 0.29) is 5.82 Å². The van der Waals surface area contributed by atoms with Gasteiger partial charge in [0.25, 0.3) is 0 Å². The smallest absolute Gasteiger partial charge is 0.111 e. The third-order valence-corrected chi connectivity index (χ3v) is 3.13. The summed E-state index contributed by atoms with van der Waals surface area (Å²) in [4.78, 5) is 3.75. The van der Waals surface area contributed by atoms with Crippen molar-refractivity contribution in [2.75, 3.05) is 0 Å². The predicted octanol–water partition coefficient (Wildman–Crippen LogP) is 3.35. The van der Waals surface area contributed by atoms with Crippen molar-refractivity contribution in [2.24, 2.45) is 0 Å². The van der Waals surface area contributed by atoms with Gasteiger partial charge in [-0.25, -0.2) is 4.98 Å². The lowest BCUT2D eigenvalue weighted by molar-refractivity contribution is 0.830. The van der Waals surface area contributed by atoms with Gasteiger partial charge < -0.3 is 4.57 Å². The van der Waals surface area contributed by atoms with Gasteiger partial charge in [0, 0.05) is 12.4 Å². The van der Waals surface area contributed by atoms with Gasteiger partial charge in [-0.3, -0.25) is 0 Å². The van der Waals surface area contributed by atoms with Crippen molar-refractivity contribution in [3.05, 3.63) is 90.5 Å². The van der Waals surface area contributed by atoms with Gasteiger partial charge in [-0.15, -0.1) is 0 Å². The molecule has 0 aliphatic rings. The first-order chi connectivity index (χ1) is 10.8. The number of hydrogen-bond acceptors (Lipinski definition) is 2. The van der Waals surface area contributed by atoms with E-state index in [2.05, 4.69) is 29.2 Å². The maximum absolute atomic E-state index is 8.14. The normalized spacial score (nSPS) is 9.64. The van der Waals surface area contributed by atoms with Gasteiger partial charge in [0.2, 0.25) is 0 Å². The Morgan fingerprint density at radius 1 is 1.00 bits per heavy atom. The zero-order valence-electron chi connectivity index (χ0n) is 12.2. The molecule has 2 radical (unpaired) electrons. The van der Waals surface area contributed by atoms with Crippen LogP contribution in [0.25, 0.3) is 0 Å². The molecule has 0 aliphatic heterocycles. The minimum atomic E-state index is -0.0163. The molecule has 3 nitrogen and oxygen atoms in total. The maximum Gasteiger partial charge on any atom is 0.111 e. The van der Waals surface area contributed by atoms with Crippen molar-refractivity contribution in [3.8, 4) is 6.07 Å². The second-order valence-corrected chi connectivity index (χ2v) is 4.69. The second-order valence-electron chi connectivity index (χ2n) is 4.69. The topological polar surface area (TPSA) is 41.6 Å². The Labute approximate surface area is 132 Å². The minimum Gasteiger partial charge on any atom is -0.324 e. The van der Waals surface area contributed by atoms with Crippen LogP contribution in [-0.2, 0) is 6.54 Å². The van der Waals surface area contributed by atoms with Crippen LogP contribution < -0.4 is 0 Å². The molecule has 22 heavy (non-hydrogen) atoms. The molecule has 0 unspecified atom stereocenters. The van der Waals surface area contributed by atoms with Crippen molar-refractivity contribution in [1.82, 2.24) is 9.55 Å². The second kappa shape index (κ2) is 8.48. The molecule has 3 aromatic rings. The third-order valence-electron chi connectivity index (χ3n) is 3.13. The zero-order valence-corrected chi connectivity index (χ0v) is 12.2. The monoisotopic (exact) mass is 285 g/mol. The van der Waals surface area contributed by atoms with Gasteiger partial charge in [0.15, 0.2) is 0 Å². The van der Waals surface area contributed by atoms with Gasteiger partial charge >= 0.3 is 0 Å². The van der Waals surface area contributed by atoms with Gasteiger partial charge in [-0.1, -0.05) is 60.7 Å². The number of hydrogen-bond donors (Lipinski definition) is 0. The molecule has 0 atom stereocenters. The van der Waals surface area contributed by atoms with Crippen LogP contribution in [0.1, 0.15) is 16.9 Å². The average Bonchev–Trinajstić information content (AvgIpc) is 3.10. The molecule has 0 N–H and O–H groups in total. The van der Waals surface area contributed by atoms with E-state index >= 15 is 0 Å². The number of nitrogens with zero attached hydrogens (tertiary/aromatic N) is 3. The molecule has 0 saturated heterocycles. The van der Waals surface area contributed by atoms with Crippen LogP contribution >= 0.6 is 0 Å². The molecule has 2 aromatic carbocycles. The molecule has 0 spiro atoms. The van der Waals surface area contributed by atoms with Crippen LogP contribution in [0.15, 0.2) is 79.4 Å². The van der Waals surface area contributed by atoms with E-state index in [0.717, 1.165) is 11.1 Å². The van der Waals surface area contributed by atoms with Crippen LogP contribution in [-0.4, -0.2) is 17.4 Å². The molecule has 0 saturated carbocycles. The largest absolute Gasteiger partial charge is 0.324 e. The SMILES string of the molecule is N#CCn1ccnc1.[B]C(c1ccccc1)c1ccccc1. The van der Waals surface area contributed by atoms with Crippen molar-refractivity contribution < 1.29 is 0 Å². The lowest BCUT2D eigenvalue weighted by Crippen LogP contribution is -1.99. The van der Waals surface area contributed by atoms with Crippen molar-refractivity contribution >= 4 is 7.85 Å². The fraction of sp³-hybridized carbons (Fsp3) is 0.111. The molecule has 3 rings (SSSR count). The summed E-state index contributed by atoms with van der Waals surface area (Å²) in [7, 11) is 6.12. The lowest BCUT2D eigenvalue weighted by atomic mass is 9.76. The summed E-state index contributed by atoms with van der Waals surface area (Å²) in [5.41, 5.74) is 2.30. The number of nitriles is 1. The van der Waals surface area contributed by atoms with Crippen molar-refractivity contribution in [1.29, 1.82) is 5.26 Å². The third kappa shape index (κ3) is 4.64. The zero-order chi connectivity index (χ0) is 15.6. The van der Waals surface area contributed by atoms with Gasteiger partial charge in [0.05, 0.1) is 20.2 Å². The minimum absolute atomic E-state index is 0.0163.